The predicted molar refractivity (Wildman–Crippen MR) is 113 cm³/mol. The zero-order valence-corrected chi connectivity index (χ0v) is 17.7. The van der Waals surface area contributed by atoms with E-state index in [-0.39, 0.29) is 23.8 Å². The molecule has 1 aliphatic rings. The van der Waals surface area contributed by atoms with Gasteiger partial charge in [0.25, 0.3) is 5.91 Å². The number of amides is 1. The standard InChI is InChI=1S/C24H27NO5/c1-5-30-19-10-6-16(7-11-19)14-25-21(17-8-12-18(29-4)13-9-17)20(22(26)15(2)3)23(27)24(25)28/h6-13,15,21,27H,5,14H2,1-4H3. The van der Waals surface area contributed by atoms with Gasteiger partial charge >= 0.3 is 0 Å². The SMILES string of the molecule is CCOc1ccc(CN2C(=O)C(O)=C(C(=O)C(C)C)C2c2ccc(OC)cc2)cc1. The van der Waals surface area contributed by atoms with Gasteiger partial charge in [0.15, 0.2) is 11.5 Å². The van der Waals surface area contributed by atoms with E-state index < -0.39 is 17.7 Å². The van der Waals surface area contributed by atoms with Crippen LogP contribution in [0, 0.1) is 5.92 Å². The molecule has 1 unspecified atom stereocenters. The number of carbonyl (C=O) groups is 2. The number of rotatable bonds is 8. The number of benzene rings is 2. The number of hydrogen-bond donors (Lipinski definition) is 1. The number of carbonyl (C=O) groups excluding carboxylic acids is 2. The van der Waals surface area contributed by atoms with Gasteiger partial charge in [-0.2, -0.15) is 0 Å². The molecule has 30 heavy (non-hydrogen) atoms. The van der Waals surface area contributed by atoms with Crippen LogP contribution in [0.1, 0.15) is 37.9 Å². The number of ether oxygens (including phenoxy) is 2. The maximum absolute atomic E-state index is 12.9. The number of methoxy groups -OCH3 is 1. The van der Waals surface area contributed by atoms with E-state index in [4.69, 9.17) is 9.47 Å². The lowest BCUT2D eigenvalue weighted by Crippen LogP contribution is -2.31. The Hall–Kier alpha value is -3.28. The molecule has 0 spiro atoms. The highest BCUT2D eigenvalue weighted by atomic mass is 16.5. The van der Waals surface area contributed by atoms with Gasteiger partial charge in [-0.25, -0.2) is 0 Å². The highest BCUT2D eigenvalue weighted by Gasteiger charge is 2.43. The lowest BCUT2D eigenvalue weighted by molar-refractivity contribution is -0.130. The van der Waals surface area contributed by atoms with Crippen LogP contribution in [0.15, 0.2) is 59.9 Å². The van der Waals surface area contributed by atoms with Crippen LogP contribution in [-0.2, 0) is 16.1 Å². The maximum Gasteiger partial charge on any atom is 0.290 e. The molecule has 1 N–H and O–H groups in total. The molecular weight excluding hydrogens is 382 g/mol. The van der Waals surface area contributed by atoms with Crippen molar-refractivity contribution in [1.82, 2.24) is 4.90 Å². The maximum atomic E-state index is 12.9. The summed E-state index contributed by atoms with van der Waals surface area (Å²) in [5.74, 6) is -0.186. The normalized spacial score (nSPS) is 16.4. The van der Waals surface area contributed by atoms with Crippen molar-refractivity contribution in [3.8, 4) is 11.5 Å². The summed E-state index contributed by atoms with van der Waals surface area (Å²) in [5, 5.41) is 10.6. The minimum atomic E-state index is -0.662. The second kappa shape index (κ2) is 9.03. The van der Waals surface area contributed by atoms with Crippen LogP contribution in [0.5, 0.6) is 11.5 Å². The summed E-state index contributed by atoms with van der Waals surface area (Å²) < 4.78 is 10.7. The first-order valence-corrected chi connectivity index (χ1v) is 10.0. The molecule has 6 heteroatoms. The lowest BCUT2D eigenvalue weighted by Gasteiger charge is -2.27. The largest absolute Gasteiger partial charge is 0.503 e. The van der Waals surface area contributed by atoms with Crippen molar-refractivity contribution in [2.75, 3.05) is 13.7 Å². The van der Waals surface area contributed by atoms with E-state index in [0.29, 0.717) is 12.4 Å². The van der Waals surface area contributed by atoms with Crippen molar-refractivity contribution in [1.29, 1.82) is 0 Å². The molecular formula is C24H27NO5. The average Bonchev–Trinajstić information content (AvgIpc) is 2.99. The number of nitrogens with zero attached hydrogens (tertiary/aromatic N) is 1. The number of aliphatic hydroxyl groups excluding tert-OH is 1. The molecule has 6 nitrogen and oxygen atoms in total. The van der Waals surface area contributed by atoms with E-state index in [0.717, 1.165) is 16.9 Å². The topological polar surface area (TPSA) is 76.1 Å². The van der Waals surface area contributed by atoms with E-state index in [1.807, 2.05) is 43.3 Å². The third kappa shape index (κ3) is 4.17. The highest BCUT2D eigenvalue weighted by molar-refractivity contribution is 6.09. The summed E-state index contributed by atoms with van der Waals surface area (Å²) in [4.78, 5) is 27.4. The fourth-order valence-electron chi connectivity index (χ4n) is 3.57. The Morgan fingerprint density at radius 1 is 1.07 bits per heavy atom. The molecule has 1 heterocycles. The van der Waals surface area contributed by atoms with Crippen LogP contribution in [0.25, 0.3) is 0 Å². The number of hydrogen-bond acceptors (Lipinski definition) is 5. The van der Waals surface area contributed by atoms with Crippen LogP contribution in [0.2, 0.25) is 0 Å². The smallest absolute Gasteiger partial charge is 0.290 e. The fraction of sp³-hybridized carbons (Fsp3) is 0.333. The molecule has 1 amide bonds. The van der Waals surface area contributed by atoms with Crippen molar-refractivity contribution >= 4 is 11.7 Å². The molecule has 0 saturated carbocycles. The first kappa shape index (κ1) is 21.4. The third-order valence-corrected chi connectivity index (χ3v) is 5.11. The highest BCUT2D eigenvalue weighted by Crippen LogP contribution is 2.40. The van der Waals surface area contributed by atoms with E-state index in [2.05, 4.69) is 0 Å². The zero-order chi connectivity index (χ0) is 21.8. The Balaban J connectivity index is 1.99. The van der Waals surface area contributed by atoms with Gasteiger partial charge in [-0.3, -0.25) is 9.59 Å². The van der Waals surface area contributed by atoms with Gasteiger partial charge < -0.3 is 19.5 Å². The van der Waals surface area contributed by atoms with Crippen molar-refractivity contribution in [3.05, 3.63) is 71.0 Å². The van der Waals surface area contributed by atoms with E-state index >= 15 is 0 Å². The van der Waals surface area contributed by atoms with Crippen LogP contribution < -0.4 is 9.47 Å². The van der Waals surface area contributed by atoms with Gasteiger partial charge in [0.05, 0.1) is 25.3 Å². The summed E-state index contributed by atoms with van der Waals surface area (Å²) in [6.07, 6.45) is 0. The Bertz CT molecular complexity index is 945. The van der Waals surface area contributed by atoms with Crippen molar-refractivity contribution in [2.45, 2.75) is 33.4 Å². The molecule has 1 aliphatic heterocycles. The minimum absolute atomic E-state index is 0.145. The fourth-order valence-corrected chi connectivity index (χ4v) is 3.57. The van der Waals surface area contributed by atoms with Gasteiger partial charge in [0.2, 0.25) is 0 Å². The molecule has 2 aromatic rings. The summed E-state index contributed by atoms with van der Waals surface area (Å²) in [7, 11) is 1.58. The molecule has 0 aliphatic carbocycles. The molecule has 0 bridgehead atoms. The Morgan fingerprint density at radius 3 is 2.20 bits per heavy atom. The van der Waals surface area contributed by atoms with E-state index in [1.54, 1.807) is 33.1 Å². The van der Waals surface area contributed by atoms with Crippen molar-refractivity contribution in [3.63, 3.8) is 0 Å². The Labute approximate surface area is 176 Å². The molecule has 0 saturated heterocycles. The second-order valence-electron chi connectivity index (χ2n) is 7.47. The zero-order valence-electron chi connectivity index (χ0n) is 17.7. The molecule has 0 radical (unpaired) electrons. The molecule has 0 fully saturated rings. The number of Topliss-reactive ketones (excluding diaryl/α,β-unsaturated/α-hetero) is 1. The van der Waals surface area contributed by atoms with Gasteiger partial charge in [0.1, 0.15) is 11.5 Å². The second-order valence-corrected chi connectivity index (χ2v) is 7.47. The lowest BCUT2D eigenvalue weighted by atomic mass is 9.91. The first-order chi connectivity index (χ1) is 14.4. The third-order valence-electron chi connectivity index (χ3n) is 5.11. The van der Waals surface area contributed by atoms with Crippen LogP contribution >= 0.6 is 0 Å². The van der Waals surface area contributed by atoms with Crippen molar-refractivity contribution < 1.29 is 24.2 Å². The monoisotopic (exact) mass is 409 g/mol. The van der Waals surface area contributed by atoms with E-state index in [1.165, 1.54) is 4.90 Å². The molecule has 1 atom stereocenters. The summed E-state index contributed by atoms with van der Waals surface area (Å²) in [6, 6.07) is 14.0. The molecule has 0 aromatic heterocycles. The quantitative estimate of drug-likeness (QED) is 0.707. The first-order valence-electron chi connectivity index (χ1n) is 10.0. The summed E-state index contributed by atoms with van der Waals surface area (Å²) in [6.45, 7) is 6.25. The summed E-state index contributed by atoms with van der Waals surface area (Å²) >= 11 is 0. The molecule has 3 rings (SSSR count). The number of ketones is 1. The van der Waals surface area contributed by atoms with Gasteiger partial charge in [-0.15, -0.1) is 0 Å². The minimum Gasteiger partial charge on any atom is -0.503 e. The Kier molecular flexibility index (Phi) is 6.45. The predicted octanol–water partition coefficient (Wildman–Crippen LogP) is 4.21. The average molecular weight is 409 g/mol. The number of aliphatic hydroxyl groups is 1. The van der Waals surface area contributed by atoms with E-state index in [9.17, 15) is 14.7 Å². The van der Waals surface area contributed by atoms with Crippen molar-refractivity contribution in [2.24, 2.45) is 5.92 Å². The molecule has 2 aromatic carbocycles. The van der Waals surface area contributed by atoms with Crippen LogP contribution in [-0.4, -0.2) is 35.4 Å². The van der Waals surface area contributed by atoms with Gasteiger partial charge in [-0.05, 0) is 42.3 Å². The van der Waals surface area contributed by atoms with Gasteiger partial charge in [-0.1, -0.05) is 38.1 Å². The van der Waals surface area contributed by atoms with Gasteiger partial charge in [0, 0.05) is 12.5 Å². The Morgan fingerprint density at radius 2 is 1.67 bits per heavy atom. The van der Waals surface area contributed by atoms with Crippen LogP contribution in [0.4, 0.5) is 0 Å². The van der Waals surface area contributed by atoms with Crippen LogP contribution in [0.3, 0.4) is 0 Å². The molecule has 158 valence electrons. The summed E-state index contributed by atoms with van der Waals surface area (Å²) in [5.41, 5.74) is 1.76.